The molecule has 1 amide bonds. The number of amides is 1. The fourth-order valence-corrected chi connectivity index (χ4v) is 3.06. The van der Waals surface area contributed by atoms with Gasteiger partial charge in [-0.15, -0.1) is 12.4 Å². The quantitative estimate of drug-likeness (QED) is 0.666. The predicted octanol–water partition coefficient (Wildman–Crippen LogP) is 3.56. The molecule has 0 saturated heterocycles. The predicted molar refractivity (Wildman–Crippen MR) is 106 cm³/mol. The molecule has 0 aromatic carbocycles. The Balaban J connectivity index is 0.00000261. The van der Waals surface area contributed by atoms with Crippen molar-refractivity contribution in [2.45, 2.75) is 40.7 Å². The molecule has 0 spiro atoms. The Morgan fingerprint density at radius 3 is 2.63 bits per heavy atom. The Hall–Kier alpha value is -2.38. The second-order valence-electron chi connectivity index (χ2n) is 6.50. The standard InChI is InChI=1S/C19H24N4O3.ClH/c1-6-20-10(2)9-21-18(24)15-8-16(14-7-11(3)25-13(14)5)22-19-17(15)12(4)23-26-19;/h7-8,10,20H,6,9H2,1-5H3,(H,21,24);1H/t10-;/m1./s1. The van der Waals surface area contributed by atoms with Gasteiger partial charge < -0.3 is 19.6 Å². The zero-order chi connectivity index (χ0) is 18.8. The van der Waals surface area contributed by atoms with Crippen molar-refractivity contribution in [1.29, 1.82) is 0 Å². The smallest absolute Gasteiger partial charge is 0.259 e. The molecule has 2 N–H and O–H groups in total. The fourth-order valence-electron chi connectivity index (χ4n) is 3.06. The molecule has 8 heteroatoms. The molecule has 0 radical (unpaired) electrons. The maximum absolute atomic E-state index is 12.8. The van der Waals surface area contributed by atoms with Crippen molar-refractivity contribution in [3.05, 3.63) is 34.9 Å². The minimum atomic E-state index is -0.174. The first-order valence-electron chi connectivity index (χ1n) is 8.76. The van der Waals surface area contributed by atoms with Gasteiger partial charge in [0.25, 0.3) is 11.6 Å². The first-order valence-corrected chi connectivity index (χ1v) is 8.76. The van der Waals surface area contributed by atoms with Crippen molar-refractivity contribution in [2.24, 2.45) is 0 Å². The van der Waals surface area contributed by atoms with E-state index in [0.717, 1.165) is 23.6 Å². The third kappa shape index (κ3) is 4.31. The normalized spacial score (nSPS) is 12.0. The van der Waals surface area contributed by atoms with Gasteiger partial charge in [0.1, 0.15) is 11.5 Å². The molecule has 0 aliphatic rings. The Labute approximate surface area is 164 Å². The number of nitrogens with zero attached hydrogens (tertiary/aromatic N) is 2. The van der Waals surface area contributed by atoms with E-state index in [2.05, 4.69) is 20.8 Å². The van der Waals surface area contributed by atoms with E-state index >= 15 is 0 Å². The Kier molecular flexibility index (Phi) is 6.62. The monoisotopic (exact) mass is 392 g/mol. The lowest BCUT2D eigenvalue weighted by Crippen LogP contribution is -2.38. The van der Waals surface area contributed by atoms with Crippen LogP contribution < -0.4 is 10.6 Å². The molecule has 0 aliphatic heterocycles. The second kappa shape index (κ2) is 8.54. The number of furan rings is 1. The van der Waals surface area contributed by atoms with E-state index in [1.54, 1.807) is 13.0 Å². The SMILES string of the molecule is CCN[C@H](C)CNC(=O)c1cc(-c2cc(C)oc2C)nc2onc(C)c12.Cl. The summed E-state index contributed by atoms with van der Waals surface area (Å²) in [5, 5.41) is 10.9. The summed E-state index contributed by atoms with van der Waals surface area (Å²) in [6.07, 6.45) is 0. The molecular formula is C19H25ClN4O3. The highest BCUT2D eigenvalue weighted by molar-refractivity contribution is 6.07. The molecule has 0 unspecified atom stereocenters. The largest absolute Gasteiger partial charge is 0.466 e. The molecule has 0 fully saturated rings. The van der Waals surface area contributed by atoms with Gasteiger partial charge in [-0.05, 0) is 46.4 Å². The van der Waals surface area contributed by atoms with Gasteiger partial charge in [0.15, 0.2) is 0 Å². The first kappa shape index (κ1) is 20.9. The number of hydrogen-bond acceptors (Lipinski definition) is 6. The van der Waals surface area contributed by atoms with Crippen molar-refractivity contribution < 1.29 is 13.7 Å². The zero-order valence-corrected chi connectivity index (χ0v) is 17.0. The van der Waals surface area contributed by atoms with Crippen LogP contribution in [-0.2, 0) is 0 Å². The molecule has 146 valence electrons. The number of fused-ring (bicyclic) bond motifs is 1. The number of aryl methyl sites for hydroxylation is 3. The van der Waals surface area contributed by atoms with E-state index in [1.807, 2.05) is 33.8 Å². The van der Waals surface area contributed by atoms with Crippen molar-refractivity contribution in [1.82, 2.24) is 20.8 Å². The maximum atomic E-state index is 12.8. The molecule has 0 saturated carbocycles. The summed E-state index contributed by atoms with van der Waals surface area (Å²) < 4.78 is 10.9. The van der Waals surface area contributed by atoms with E-state index in [1.165, 1.54) is 0 Å². The van der Waals surface area contributed by atoms with Crippen LogP contribution in [0.15, 0.2) is 21.1 Å². The van der Waals surface area contributed by atoms with Crippen LogP contribution in [0.4, 0.5) is 0 Å². The first-order chi connectivity index (χ1) is 12.4. The Morgan fingerprint density at radius 2 is 2.00 bits per heavy atom. The number of nitrogens with one attached hydrogen (secondary N) is 2. The highest BCUT2D eigenvalue weighted by atomic mass is 35.5. The summed E-state index contributed by atoms with van der Waals surface area (Å²) in [6, 6.07) is 3.86. The topological polar surface area (TPSA) is 93.2 Å². The van der Waals surface area contributed by atoms with Gasteiger partial charge >= 0.3 is 0 Å². The molecular weight excluding hydrogens is 368 g/mol. The number of pyridine rings is 1. The molecule has 3 heterocycles. The van der Waals surface area contributed by atoms with E-state index < -0.39 is 0 Å². The fraction of sp³-hybridized carbons (Fsp3) is 0.421. The van der Waals surface area contributed by atoms with Crippen LogP contribution >= 0.6 is 12.4 Å². The average Bonchev–Trinajstić information content (AvgIpc) is 3.14. The summed E-state index contributed by atoms with van der Waals surface area (Å²) in [7, 11) is 0. The van der Waals surface area contributed by atoms with Crippen LogP contribution in [0, 0.1) is 20.8 Å². The van der Waals surface area contributed by atoms with Gasteiger partial charge in [-0.2, -0.15) is 0 Å². The minimum Gasteiger partial charge on any atom is -0.466 e. The second-order valence-corrected chi connectivity index (χ2v) is 6.50. The van der Waals surface area contributed by atoms with Gasteiger partial charge in [0, 0.05) is 18.2 Å². The molecule has 3 aromatic heterocycles. The van der Waals surface area contributed by atoms with Crippen molar-refractivity contribution in [2.75, 3.05) is 13.1 Å². The van der Waals surface area contributed by atoms with Crippen molar-refractivity contribution in [3.63, 3.8) is 0 Å². The molecule has 3 aromatic rings. The minimum absolute atomic E-state index is 0. The Morgan fingerprint density at radius 1 is 1.26 bits per heavy atom. The number of halogens is 1. The Bertz CT molecular complexity index is 948. The molecule has 0 aliphatic carbocycles. The molecule has 0 bridgehead atoms. The zero-order valence-electron chi connectivity index (χ0n) is 16.2. The molecule has 1 atom stereocenters. The number of carbonyl (C=O) groups excluding carboxylic acids is 1. The highest BCUT2D eigenvalue weighted by Gasteiger charge is 2.21. The van der Waals surface area contributed by atoms with Gasteiger partial charge in [-0.3, -0.25) is 4.79 Å². The molecule has 7 nitrogen and oxygen atoms in total. The number of rotatable bonds is 6. The van der Waals surface area contributed by atoms with Crippen LogP contribution in [0.25, 0.3) is 22.4 Å². The number of carbonyl (C=O) groups is 1. The summed E-state index contributed by atoms with van der Waals surface area (Å²) in [5.41, 5.74) is 2.97. The van der Waals surface area contributed by atoms with Crippen LogP contribution in [0.5, 0.6) is 0 Å². The molecule has 27 heavy (non-hydrogen) atoms. The van der Waals surface area contributed by atoms with Crippen LogP contribution in [0.3, 0.4) is 0 Å². The van der Waals surface area contributed by atoms with Crippen LogP contribution in [0.1, 0.15) is 41.4 Å². The third-order valence-corrected chi connectivity index (χ3v) is 4.30. The van der Waals surface area contributed by atoms with E-state index in [0.29, 0.717) is 34.6 Å². The highest BCUT2D eigenvalue weighted by Crippen LogP contribution is 2.30. The summed E-state index contributed by atoms with van der Waals surface area (Å²) in [6.45, 7) is 11.0. The lowest BCUT2D eigenvalue weighted by atomic mass is 10.1. The van der Waals surface area contributed by atoms with Gasteiger partial charge in [0.05, 0.1) is 22.3 Å². The van der Waals surface area contributed by atoms with Crippen LogP contribution in [0.2, 0.25) is 0 Å². The van der Waals surface area contributed by atoms with Crippen molar-refractivity contribution >= 4 is 29.4 Å². The average molecular weight is 393 g/mol. The van der Waals surface area contributed by atoms with Gasteiger partial charge in [-0.25, -0.2) is 4.98 Å². The van der Waals surface area contributed by atoms with E-state index in [4.69, 9.17) is 8.94 Å². The van der Waals surface area contributed by atoms with Crippen LogP contribution in [-0.4, -0.2) is 35.2 Å². The maximum Gasteiger partial charge on any atom is 0.259 e. The van der Waals surface area contributed by atoms with E-state index in [-0.39, 0.29) is 24.4 Å². The van der Waals surface area contributed by atoms with Crippen molar-refractivity contribution in [3.8, 4) is 11.3 Å². The van der Waals surface area contributed by atoms with Gasteiger partial charge in [0.2, 0.25) is 0 Å². The lowest BCUT2D eigenvalue weighted by Gasteiger charge is -2.13. The number of hydrogen-bond donors (Lipinski definition) is 2. The number of aromatic nitrogens is 2. The lowest BCUT2D eigenvalue weighted by molar-refractivity contribution is 0.0951. The summed E-state index contributed by atoms with van der Waals surface area (Å²) in [5.74, 6) is 1.36. The third-order valence-electron chi connectivity index (χ3n) is 4.30. The number of likely N-dealkylation sites (N-methyl/N-ethyl adjacent to an activating group) is 1. The van der Waals surface area contributed by atoms with Gasteiger partial charge in [-0.1, -0.05) is 12.1 Å². The molecule has 3 rings (SSSR count). The summed E-state index contributed by atoms with van der Waals surface area (Å²) >= 11 is 0. The van der Waals surface area contributed by atoms with E-state index in [9.17, 15) is 4.79 Å². The summed E-state index contributed by atoms with van der Waals surface area (Å²) in [4.78, 5) is 17.4.